The fourth-order valence-electron chi connectivity index (χ4n) is 1.72. The first-order valence-corrected chi connectivity index (χ1v) is 7.90. The zero-order valence-corrected chi connectivity index (χ0v) is 13.0. The third-order valence-electron chi connectivity index (χ3n) is 2.79. The molecule has 0 aliphatic rings. The number of methoxy groups -OCH3 is 1. The van der Waals surface area contributed by atoms with Crippen LogP contribution >= 0.6 is 0 Å². The Kier molecular flexibility index (Phi) is 6.94. The minimum atomic E-state index is -3.51. The predicted molar refractivity (Wildman–Crippen MR) is 80.9 cm³/mol. The highest BCUT2D eigenvalue weighted by atomic mass is 32.2. The Labute approximate surface area is 121 Å². The Bertz CT molecular complexity index is 505. The lowest BCUT2D eigenvalue weighted by molar-refractivity contribution is 0.185. The summed E-state index contributed by atoms with van der Waals surface area (Å²) < 4.78 is 33.2. The van der Waals surface area contributed by atoms with E-state index in [1.807, 2.05) is 13.1 Å². The molecule has 0 aliphatic carbocycles. The molecule has 0 amide bonds. The van der Waals surface area contributed by atoms with Gasteiger partial charge in [0.1, 0.15) is 0 Å². The molecule has 0 unspecified atom stereocenters. The van der Waals surface area contributed by atoms with E-state index < -0.39 is 10.2 Å². The van der Waals surface area contributed by atoms with E-state index in [0.29, 0.717) is 18.8 Å². The van der Waals surface area contributed by atoms with Crippen molar-refractivity contribution in [1.29, 1.82) is 0 Å². The number of hydrogen-bond acceptors (Lipinski definition) is 4. The summed E-state index contributed by atoms with van der Waals surface area (Å²) >= 11 is 0. The van der Waals surface area contributed by atoms with Gasteiger partial charge in [-0.1, -0.05) is 12.1 Å². The topological polar surface area (TPSA) is 70.7 Å². The van der Waals surface area contributed by atoms with Crippen molar-refractivity contribution in [2.75, 3.05) is 39.0 Å². The minimum Gasteiger partial charge on any atom is -0.380 e. The average molecular weight is 301 g/mol. The Balaban J connectivity index is 2.67. The molecule has 1 aromatic carbocycles. The van der Waals surface area contributed by atoms with Gasteiger partial charge in [-0.3, -0.25) is 4.72 Å². The van der Waals surface area contributed by atoms with Crippen molar-refractivity contribution in [2.45, 2.75) is 13.0 Å². The van der Waals surface area contributed by atoms with E-state index in [4.69, 9.17) is 4.74 Å². The summed E-state index contributed by atoms with van der Waals surface area (Å²) in [5.41, 5.74) is 1.46. The van der Waals surface area contributed by atoms with Gasteiger partial charge in [-0.2, -0.15) is 12.7 Å². The molecule has 20 heavy (non-hydrogen) atoms. The molecule has 0 saturated heterocycles. The standard InChI is InChI=1S/C13H23N3O3S/c1-14-8-5-9-16(2)20(17,18)15-13-7-4-6-12(10-13)11-19-3/h4,6-7,10,14-15H,5,8-9,11H2,1-3H3. The van der Waals surface area contributed by atoms with Crippen LogP contribution in [-0.4, -0.2) is 47.0 Å². The molecule has 0 heterocycles. The quantitative estimate of drug-likeness (QED) is 0.668. The summed E-state index contributed by atoms with van der Waals surface area (Å²) in [6.45, 7) is 1.70. The van der Waals surface area contributed by atoms with Crippen molar-refractivity contribution < 1.29 is 13.2 Å². The van der Waals surface area contributed by atoms with Crippen molar-refractivity contribution in [3.05, 3.63) is 29.8 Å². The van der Waals surface area contributed by atoms with E-state index in [1.54, 1.807) is 32.4 Å². The summed E-state index contributed by atoms with van der Waals surface area (Å²) in [5, 5.41) is 2.99. The van der Waals surface area contributed by atoms with E-state index >= 15 is 0 Å². The van der Waals surface area contributed by atoms with Crippen molar-refractivity contribution in [3.63, 3.8) is 0 Å². The second-order valence-corrected chi connectivity index (χ2v) is 6.30. The van der Waals surface area contributed by atoms with Crippen molar-refractivity contribution in [3.8, 4) is 0 Å². The lowest BCUT2D eigenvalue weighted by atomic mass is 10.2. The second-order valence-electron chi connectivity index (χ2n) is 4.52. The fourth-order valence-corrected chi connectivity index (χ4v) is 2.67. The molecule has 0 bridgehead atoms. The zero-order chi connectivity index (χ0) is 15.0. The number of nitrogens with zero attached hydrogens (tertiary/aromatic N) is 1. The Morgan fingerprint density at radius 3 is 2.75 bits per heavy atom. The van der Waals surface area contributed by atoms with Crippen LogP contribution in [0.5, 0.6) is 0 Å². The maximum Gasteiger partial charge on any atom is 0.301 e. The molecule has 7 heteroatoms. The fraction of sp³-hybridized carbons (Fsp3) is 0.538. The van der Waals surface area contributed by atoms with E-state index in [9.17, 15) is 8.42 Å². The molecule has 0 saturated carbocycles. The molecule has 2 N–H and O–H groups in total. The largest absolute Gasteiger partial charge is 0.380 e. The van der Waals surface area contributed by atoms with E-state index in [-0.39, 0.29) is 0 Å². The van der Waals surface area contributed by atoms with Gasteiger partial charge >= 0.3 is 10.2 Å². The molecule has 0 radical (unpaired) electrons. The van der Waals surface area contributed by atoms with Crippen molar-refractivity contribution >= 4 is 15.9 Å². The lowest BCUT2D eigenvalue weighted by Crippen LogP contribution is -2.34. The summed E-state index contributed by atoms with van der Waals surface area (Å²) in [4.78, 5) is 0. The highest BCUT2D eigenvalue weighted by molar-refractivity contribution is 7.90. The molecule has 0 aliphatic heterocycles. The van der Waals surface area contributed by atoms with Crippen molar-refractivity contribution in [2.24, 2.45) is 0 Å². The molecule has 0 atom stereocenters. The van der Waals surface area contributed by atoms with Crippen LogP contribution in [-0.2, 0) is 21.6 Å². The Morgan fingerprint density at radius 2 is 2.10 bits per heavy atom. The first-order valence-electron chi connectivity index (χ1n) is 6.46. The van der Waals surface area contributed by atoms with E-state index in [0.717, 1.165) is 18.5 Å². The third kappa shape index (κ3) is 5.46. The molecular weight excluding hydrogens is 278 g/mol. The molecule has 1 aromatic rings. The highest BCUT2D eigenvalue weighted by Gasteiger charge is 2.16. The van der Waals surface area contributed by atoms with Crippen LogP contribution in [0.15, 0.2) is 24.3 Å². The van der Waals surface area contributed by atoms with Gasteiger partial charge < -0.3 is 10.1 Å². The summed E-state index contributed by atoms with van der Waals surface area (Å²) in [6, 6.07) is 7.17. The zero-order valence-electron chi connectivity index (χ0n) is 12.2. The highest BCUT2D eigenvalue weighted by Crippen LogP contribution is 2.14. The van der Waals surface area contributed by atoms with Crippen LogP contribution in [0.4, 0.5) is 5.69 Å². The van der Waals surface area contributed by atoms with Gasteiger partial charge in [-0.25, -0.2) is 0 Å². The maximum atomic E-state index is 12.1. The number of hydrogen-bond donors (Lipinski definition) is 2. The predicted octanol–water partition coefficient (Wildman–Crippen LogP) is 1.03. The SMILES string of the molecule is CNCCCN(C)S(=O)(=O)Nc1cccc(COC)c1. The first kappa shape index (κ1) is 16.9. The minimum absolute atomic E-state index is 0.452. The Hall–Kier alpha value is -1.15. The Morgan fingerprint density at radius 1 is 1.35 bits per heavy atom. The summed E-state index contributed by atoms with van der Waals surface area (Å²) in [7, 11) is 1.50. The number of rotatable bonds is 9. The van der Waals surface area contributed by atoms with Crippen LogP contribution in [0.1, 0.15) is 12.0 Å². The molecule has 0 aromatic heterocycles. The molecule has 1 rings (SSSR count). The third-order valence-corrected chi connectivity index (χ3v) is 4.29. The number of anilines is 1. The number of ether oxygens (including phenoxy) is 1. The molecule has 114 valence electrons. The number of nitrogens with one attached hydrogen (secondary N) is 2. The van der Waals surface area contributed by atoms with Crippen LogP contribution in [0.3, 0.4) is 0 Å². The van der Waals surface area contributed by atoms with Gasteiger partial charge in [0.25, 0.3) is 0 Å². The van der Waals surface area contributed by atoms with Gasteiger partial charge in [0.2, 0.25) is 0 Å². The van der Waals surface area contributed by atoms with E-state index in [2.05, 4.69) is 10.0 Å². The van der Waals surface area contributed by atoms with Gasteiger partial charge in [-0.15, -0.1) is 0 Å². The molecule has 0 fully saturated rings. The maximum absolute atomic E-state index is 12.1. The van der Waals surface area contributed by atoms with Gasteiger partial charge in [-0.05, 0) is 37.7 Å². The van der Waals surface area contributed by atoms with Gasteiger partial charge in [0.15, 0.2) is 0 Å². The van der Waals surface area contributed by atoms with Crippen LogP contribution in [0, 0.1) is 0 Å². The first-order chi connectivity index (χ1) is 9.49. The monoisotopic (exact) mass is 301 g/mol. The molecule has 6 nitrogen and oxygen atoms in total. The molecule has 0 spiro atoms. The second kappa shape index (κ2) is 8.21. The van der Waals surface area contributed by atoms with Gasteiger partial charge in [0, 0.05) is 20.7 Å². The van der Waals surface area contributed by atoms with Crippen LogP contribution in [0.2, 0.25) is 0 Å². The average Bonchev–Trinajstić information content (AvgIpc) is 2.39. The van der Waals surface area contributed by atoms with Crippen molar-refractivity contribution in [1.82, 2.24) is 9.62 Å². The lowest BCUT2D eigenvalue weighted by Gasteiger charge is -2.18. The van der Waals surface area contributed by atoms with Crippen LogP contribution < -0.4 is 10.0 Å². The molecular formula is C13H23N3O3S. The summed E-state index contributed by atoms with van der Waals surface area (Å²) in [6.07, 6.45) is 0.762. The normalized spacial score (nSPS) is 11.8. The van der Waals surface area contributed by atoms with E-state index in [1.165, 1.54) is 4.31 Å². The van der Waals surface area contributed by atoms with Crippen LogP contribution in [0.25, 0.3) is 0 Å². The van der Waals surface area contributed by atoms with Gasteiger partial charge in [0.05, 0.1) is 12.3 Å². The smallest absolute Gasteiger partial charge is 0.301 e. The summed E-state index contributed by atoms with van der Waals surface area (Å²) in [5.74, 6) is 0. The number of benzene rings is 1.